The highest BCUT2D eigenvalue weighted by Gasteiger charge is 2.16. The number of anilines is 1. The molecule has 1 fully saturated rings. The first kappa shape index (κ1) is 25.4. The molecule has 0 bridgehead atoms. The SMILES string of the molecule is CCN1CCN(c2ccc(CNC(=NC)NC(C)CCc3ccccc3)cn2)CC1.I. The Kier molecular flexibility index (Phi) is 11.1. The minimum Gasteiger partial charge on any atom is -0.354 e. The van der Waals surface area contributed by atoms with Crippen LogP contribution in [0.5, 0.6) is 0 Å². The summed E-state index contributed by atoms with van der Waals surface area (Å²) in [5.41, 5.74) is 2.53. The van der Waals surface area contributed by atoms with Crippen molar-refractivity contribution >= 4 is 35.8 Å². The maximum atomic E-state index is 4.69. The Morgan fingerprint density at radius 2 is 1.81 bits per heavy atom. The first-order valence-corrected chi connectivity index (χ1v) is 11.1. The van der Waals surface area contributed by atoms with E-state index in [4.69, 9.17) is 0 Å². The largest absolute Gasteiger partial charge is 0.354 e. The van der Waals surface area contributed by atoms with Gasteiger partial charge in [-0.05, 0) is 43.5 Å². The summed E-state index contributed by atoms with van der Waals surface area (Å²) >= 11 is 0. The van der Waals surface area contributed by atoms with E-state index >= 15 is 0 Å². The van der Waals surface area contributed by atoms with E-state index in [1.54, 1.807) is 0 Å². The molecule has 1 aromatic heterocycles. The van der Waals surface area contributed by atoms with E-state index in [0.717, 1.165) is 62.9 Å². The predicted molar refractivity (Wildman–Crippen MR) is 142 cm³/mol. The van der Waals surface area contributed by atoms with Crippen molar-refractivity contribution in [3.05, 3.63) is 59.8 Å². The number of halogens is 1. The number of rotatable bonds is 8. The van der Waals surface area contributed by atoms with Crippen molar-refractivity contribution in [3.63, 3.8) is 0 Å². The van der Waals surface area contributed by atoms with Crippen LogP contribution in [0.3, 0.4) is 0 Å². The average Bonchev–Trinajstić information content (AvgIpc) is 2.81. The molecular weight excluding hydrogens is 499 g/mol. The van der Waals surface area contributed by atoms with Crippen LogP contribution in [0.1, 0.15) is 31.4 Å². The second-order valence-electron chi connectivity index (χ2n) is 7.94. The van der Waals surface area contributed by atoms with Gasteiger partial charge >= 0.3 is 0 Å². The molecule has 1 unspecified atom stereocenters. The van der Waals surface area contributed by atoms with Gasteiger partial charge in [0.15, 0.2) is 5.96 Å². The van der Waals surface area contributed by atoms with E-state index in [0.29, 0.717) is 12.6 Å². The molecule has 31 heavy (non-hydrogen) atoms. The van der Waals surface area contributed by atoms with Crippen LogP contribution in [0.4, 0.5) is 5.82 Å². The monoisotopic (exact) mass is 536 g/mol. The molecule has 1 atom stereocenters. The molecule has 7 heteroatoms. The number of nitrogens with one attached hydrogen (secondary N) is 2. The number of aliphatic imine (C=N–C) groups is 1. The Hall–Kier alpha value is -1.87. The fraction of sp³-hybridized carbons (Fsp3) is 0.500. The number of benzene rings is 1. The number of hydrogen-bond donors (Lipinski definition) is 2. The highest BCUT2D eigenvalue weighted by Crippen LogP contribution is 2.14. The van der Waals surface area contributed by atoms with Gasteiger partial charge in [0.25, 0.3) is 0 Å². The summed E-state index contributed by atoms with van der Waals surface area (Å²) in [6, 6.07) is 15.3. The highest BCUT2D eigenvalue weighted by atomic mass is 127. The molecule has 2 N–H and O–H groups in total. The molecule has 1 saturated heterocycles. The number of likely N-dealkylation sites (N-methyl/N-ethyl adjacent to an activating group) is 1. The van der Waals surface area contributed by atoms with Crippen molar-refractivity contribution in [2.24, 2.45) is 4.99 Å². The molecule has 170 valence electrons. The Labute approximate surface area is 204 Å². The molecule has 1 aliphatic rings. The molecule has 0 aliphatic carbocycles. The van der Waals surface area contributed by atoms with Crippen LogP contribution < -0.4 is 15.5 Å². The number of piperazine rings is 1. The van der Waals surface area contributed by atoms with Crippen LogP contribution in [0.2, 0.25) is 0 Å². The van der Waals surface area contributed by atoms with Crippen LogP contribution in [0.25, 0.3) is 0 Å². The predicted octanol–water partition coefficient (Wildman–Crippen LogP) is 3.53. The normalized spacial score (nSPS) is 15.8. The molecule has 0 amide bonds. The number of hydrogen-bond acceptors (Lipinski definition) is 4. The zero-order chi connectivity index (χ0) is 21.2. The molecule has 2 heterocycles. The molecule has 1 aromatic carbocycles. The zero-order valence-electron chi connectivity index (χ0n) is 19.1. The van der Waals surface area contributed by atoms with E-state index in [9.17, 15) is 0 Å². The molecule has 3 rings (SSSR count). The summed E-state index contributed by atoms with van der Waals surface area (Å²) in [7, 11) is 1.82. The third-order valence-corrected chi connectivity index (χ3v) is 5.73. The van der Waals surface area contributed by atoms with Crippen molar-refractivity contribution in [2.75, 3.05) is 44.7 Å². The van der Waals surface area contributed by atoms with E-state index < -0.39 is 0 Å². The Balaban J connectivity index is 0.00000341. The zero-order valence-corrected chi connectivity index (χ0v) is 21.4. The smallest absolute Gasteiger partial charge is 0.191 e. The van der Waals surface area contributed by atoms with Gasteiger partial charge in [0.05, 0.1) is 0 Å². The molecule has 1 aliphatic heterocycles. The second-order valence-corrected chi connectivity index (χ2v) is 7.94. The minimum absolute atomic E-state index is 0. The Bertz CT molecular complexity index is 772. The van der Waals surface area contributed by atoms with Gasteiger partial charge in [0.2, 0.25) is 0 Å². The Morgan fingerprint density at radius 3 is 2.42 bits per heavy atom. The quantitative estimate of drug-likeness (QED) is 0.307. The van der Waals surface area contributed by atoms with Crippen molar-refractivity contribution in [3.8, 4) is 0 Å². The van der Waals surface area contributed by atoms with E-state index in [1.807, 2.05) is 13.2 Å². The molecular formula is C24H37IN6. The molecule has 0 saturated carbocycles. The third-order valence-electron chi connectivity index (χ3n) is 5.73. The maximum Gasteiger partial charge on any atom is 0.191 e. The number of nitrogens with zero attached hydrogens (tertiary/aromatic N) is 4. The van der Waals surface area contributed by atoms with Gasteiger partial charge < -0.3 is 20.4 Å². The van der Waals surface area contributed by atoms with Crippen molar-refractivity contribution < 1.29 is 0 Å². The van der Waals surface area contributed by atoms with Gasteiger partial charge in [-0.2, -0.15) is 0 Å². The summed E-state index contributed by atoms with van der Waals surface area (Å²) < 4.78 is 0. The lowest BCUT2D eigenvalue weighted by Gasteiger charge is -2.34. The lowest BCUT2D eigenvalue weighted by atomic mass is 10.1. The van der Waals surface area contributed by atoms with Crippen molar-refractivity contribution in [1.29, 1.82) is 0 Å². The third kappa shape index (κ3) is 8.29. The van der Waals surface area contributed by atoms with Crippen LogP contribution in [0, 0.1) is 0 Å². The Morgan fingerprint density at radius 1 is 1.06 bits per heavy atom. The van der Waals surface area contributed by atoms with Crippen molar-refractivity contribution in [2.45, 2.75) is 39.3 Å². The average molecular weight is 537 g/mol. The van der Waals surface area contributed by atoms with E-state index in [2.05, 4.69) is 86.7 Å². The van der Waals surface area contributed by atoms with Gasteiger partial charge in [0.1, 0.15) is 5.82 Å². The van der Waals surface area contributed by atoms with Crippen LogP contribution >= 0.6 is 24.0 Å². The van der Waals surface area contributed by atoms with Gasteiger partial charge in [-0.3, -0.25) is 4.99 Å². The number of guanidine groups is 1. The summed E-state index contributed by atoms with van der Waals surface area (Å²) in [6.07, 6.45) is 4.09. The summed E-state index contributed by atoms with van der Waals surface area (Å²) in [6.45, 7) is 10.6. The van der Waals surface area contributed by atoms with Crippen LogP contribution in [0.15, 0.2) is 53.7 Å². The summed E-state index contributed by atoms with van der Waals surface area (Å²) in [5.74, 6) is 1.90. The van der Waals surface area contributed by atoms with Crippen LogP contribution in [-0.4, -0.2) is 61.7 Å². The lowest BCUT2D eigenvalue weighted by molar-refractivity contribution is 0.270. The minimum atomic E-state index is 0. The number of pyridine rings is 1. The summed E-state index contributed by atoms with van der Waals surface area (Å²) in [5, 5.41) is 6.89. The number of aromatic nitrogens is 1. The second kappa shape index (κ2) is 13.5. The lowest BCUT2D eigenvalue weighted by Crippen LogP contribution is -2.46. The standard InChI is InChI=1S/C24H36N6.HI/c1-4-29-14-16-30(17-15-29)23-13-12-22(18-26-23)19-27-24(25-3)28-20(2)10-11-21-8-6-5-7-9-21;/h5-9,12-13,18,20H,4,10-11,14-17,19H2,1-3H3,(H2,25,27,28);1H. The van der Waals surface area contributed by atoms with Gasteiger partial charge in [-0.1, -0.05) is 43.3 Å². The topological polar surface area (TPSA) is 55.8 Å². The molecule has 0 spiro atoms. The maximum absolute atomic E-state index is 4.69. The van der Waals surface area contributed by atoms with Gasteiger partial charge in [0, 0.05) is 52.0 Å². The van der Waals surface area contributed by atoms with E-state index in [-0.39, 0.29) is 24.0 Å². The first-order valence-electron chi connectivity index (χ1n) is 11.1. The fourth-order valence-electron chi connectivity index (χ4n) is 3.72. The fourth-order valence-corrected chi connectivity index (χ4v) is 3.72. The van der Waals surface area contributed by atoms with Gasteiger partial charge in [-0.25, -0.2) is 4.98 Å². The van der Waals surface area contributed by atoms with Crippen molar-refractivity contribution in [1.82, 2.24) is 20.5 Å². The van der Waals surface area contributed by atoms with Crippen LogP contribution in [-0.2, 0) is 13.0 Å². The first-order chi connectivity index (χ1) is 14.7. The van der Waals surface area contributed by atoms with Gasteiger partial charge in [-0.15, -0.1) is 24.0 Å². The molecule has 2 aromatic rings. The number of aryl methyl sites for hydroxylation is 1. The summed E-state index contributed by atoms with van der Waals surface area (Å²) in [4.78, 5) is 13.9. The molecule has 0 radical (unpaired) electrons. The van der Waals surface area contributed by atoms with E-state index in [1.165, 1.54) is 5.56 Å². The highest BCUT2D eigenvalue weighted by molar-refractivity contribution is 14.0. The molecule has 6 nitrogen and oxygen atoms in total.